The third-order valence-electron chi connectivity index (χ3n) is 6.07. The van der Waals surface area contributed by atoms with Gasteiger partial charge in [-0.05, 0) is 63.8 Å². The Morgan fingerprint density at radius 2 is 1.80 bits per heavy atom. The van der Waals surface area contributed by atoms with Crippen LogP contribution in [0.3, 0.4) is 0 Å². The zero-order valence-corrected chi connectivity index (χ0v) is 21.2. The lowest BCUT2D eigenvalue weighted by atomic mass is 9.95. The number of aromatic nitrogens is 2. The number of nitrogens with zero attached hydrogens (tertiary/aromatic N) is 4. The number of amides is 1. The number of Topliss-reactive ketones (excluding diaryl/α,β-unsaturated/α-hetero) is 1. The van der Waals surface area contributed by atoms with Gasteiger partial charge >= 0.3 is 0 Å². The van der Waals surface area contributed by atoms with E-state index >= 15 is 0 Å². The number of ketones is 1. The fourth-order valence-corrected chi connectivity index (χ4v) is 4.62. The molecule has 0 radical (unpaired) electrons. The highest BCUT2D eigenvalue weighted by atomic mass is 35.5. The third-order valence-corrected chi connectivity index (χ3v) is 6.81. The quantitative estimate of drug-likeness (QED) is 0.277. The first-order valence-corrected chi connectivity index (χ1v) is 11.9. The summed E-state index contributed by atoms with van der Waals surface area (Å²) >= 11 is 12.4. The summed E-state index contributed by atoms with van der Waals surface area (Å²) in [5, 5.41) is 16.5. The van der Waals surface area contributed by atoms with Gasteiger partial charge in [0.25, 0.3) is 11.7 Å². The van der Waals surface area contributed by atoms with Gasteiger partial charge in [0.15, 0.2) is 0 Å². The van der Waals surface area contributed by atoms with Crippen LogP contribution in [0.15, 0.2) is 60.3 Å². The van der Waals surface area contributed by atoms with Crippen molar-refractivity contribution in [2.75, 3.05) is 27.2 Å². The second-order valence-electron chi connectivity index (χ2n) is 8.71. The normalized spacial score (nSPS) is 17.5. The average molecular weight is 513 g/mol. The van der Waals surface area contributed by atoms with Crippen molar-refractivity contribution < 1.29 is 14.7 Å². The minimum atomic E-state index is -0.800. The van der Waals surface area contributed by atoms with Crippen LogP contribution in [0.5, 0.6) is 0 Å². The van der Waals surface area contributed by atoms with Gasteiger partial charge in [-0.25, -0.2) is 4.68 Å². The zero-order valence-electron chi connectivity index (χ0n) is 19.7. The highest BCUT2D eigenvalue weighted by Crippen LogP contribution is 2.41. The molecule has 9 heteroatoms. The summed E-state index contributed by atoms with van der Waals surface area (Å²) in [5.41, 5.74) is 2.44. The Balaban J connectivity index is 1.83. The van der Waals surface area contributed by atoms with E-state index in [1.807, 2.05) is 49.3 Å². The molecule has 0 spiro atoms. The summed E-state index contributed by atoms with van der Waals surface area (Å²) in [4.78, 5) is 29.9. The SMILES string of the molecule is Cc1c(/C(O)=C2\C(=O)C(=O)N(CCCN(C)C)[C@@H]2c2ccc(Cl)c(Cl)c2)cnn1-c1ccccc1. The second kappa shape index (κ2) is 10.2. The molecule has 1 amide bonds. The summed E-state index contributed by atoms with van der Waals surface area (Å²) in [7, 11) is 3.88. The zero-order chi connectivity index (χ0) is 25.3. The van der Waals surface area contributed by atoms with Crippen molar-refractivity contribution in [3.05, 3.63) is 87.2 Å². The molecule has 1 fully saturated rings. The van der Waals surface area contributed by atoms with Crippen LogP contribution in [0.4, 0.5) is 0 Å². The summed E-state index contributed by atoms with van der Waals surface area (Å²) in [5.74, 6) is -1.67. The van der Waals surface area contributed by atoms with E-state index in [-0.39, 0.29) is 11.3 Å². The standard InChI is InChI=1S/C26H26Cl2N4O3/c1-16-19(15-29-32(16)18-8-5-4-6-9-18)24(33)22-23(17-10-11-20(27)21(28)14-17)31(26(35)25(22)34)13-7-12-30(2)3/h4-6,8-11,14-15,23,33H,7,12-13H2,1-3H3/b24-22+/t23-/m1/s1. The molecule has 3 aromatic rings. The van der Waals surface area contributed by atoms with Crippen molar-refractivity contribution in [2.45, 2.75) is 19.4 Å². The van der Waals surface area contributed by atoms with Crippen molar-refractivity contribution in [2.24, 2.45) is 0 Å². The van der Waals surface area contributed by atoms with Gasteiger partial charge in [-0.1, -0.05) is 47.5 Å². The van der Waals surface area contributed by atoms with Crippen LogP contribution in [0.25, 0.3) is 11.4 Å². The molecule has 1 aliphatic heterocycles. The molecule has 0 saturated carbocycles. The maximum absolute atomic E-state index is 13.2. The Morgan fingerprint density at radius 1 is 1.09 bits per heavy atom. The van der Waals surface area contributed by atoms with Crippen molar-refractivity contribution in [3.8, 4) is 5.69 Å². The Labute approximate surface area is 214 Å². The number of aliphatic hydroxyl groups excluding tert-OH is 1. The van der Waals surface area contributed by atoms with E-state index in [0.717, 1.165) is 12.2 Å². The number of aliphatic hydroxyl groups is 1. The molecule has 1 aromatic heterocycles. The summed E-state index contributed by atoms with van der Waals surface area (Å²) in [6.07, 6.45) is 2.16. The molecule has 7 nitrogen and oxygen atoms in total. The molecule has 35 heavy (non-hydrogen) atoms. The number of benzene rings is 2. The van der Waals surface area contributed by atoms with Gasteiger partial charge < -0.3 is 14.9 Å². The Hall–Kier alpha value is -3.13. The lowest BCUT2D eigenvalue weighted by Crippen LogP contribution is -2.32. The van der Waals surface area contributed by atoms with Crippen LogP contribution in [0, 0.1) is 6.92 Å². The van der Waals surface area contributed by atoms with E-state index in [1.165, 1.54) is 11.1 Å². The number of hydrogen-bond donors (Lipinski definition) is 1. The Bertz CT molecular complexity index is 1300. The first-order chi connectivity index (χ1) is 16.7. The molecular weight excluding hydrogens is 487 g/mol. The summed E-state index contributed by atoms with van der Waals surface area (Å²) in [6.45, 7) is 2.88. The van der Waals surface area contributed by atoms with E-state index in [2.05, 4.69) is 5.10 Å². The van der Waals surface area contributed by atoms with Crippen LogP contribution in [-0.2, 0) is 9.59 Å². The predicted molar refractivity (Wildman–Crippen MR) is 137 cm³/mol. The number of carbonyl (C=O) groups is 2. The molecule has 1 atom stereocenters. The van der Waals surface area contributed by atoms with Gasteiger partial charge in [-0.15, -0.1) is 0 Å². The molecule has 0 bridgehead atoms. The molecule has 4 rings (SSSR count). The molecule has 2 heterocycles. The number of rotatable bonds is 7. The number of para-hydroxylation sites is 1. The number of carbonyl (C=O) groups excluding carboxylic acids is 2. The molecule has 0 aliphatic carbocycles. The fraction of sp³-hybridized carbons (Fsp3) is 0.269. The van der Waals surface area contributed by atoms with E-state index in [1.54, 1.807) is 29.8 Å². The third kappa shape index (κ3) is 4.85. The Kier molecular flexibility index (Phi) is 7.31. The van der Waals surface area contributed by atoms with Crippen LogP contribution < -0.4 is 0 Å². The van der Waals surface area contributed by atoms with Crippen molar-refractivity contribution in [1.82, 2.24) is 19.6 Å². The van der Waals surface area contributed by atoms with Gasteiger partial charge in [-0.3, -0.25) is 9.59 Å². The fourth-order valence-electron chi connectivity index (χ4n) is 4.31. The van der Waals surface area contributed by atoms with Gasteiger partial charge in [0.1, 0.15) is 5.76 Å². The molecular formula is C26H26Cl2N4O3. The van der Waals surface area contributed by atoms with E-state index in [9.17, 15) is 14.7 Å². The first kappa shape index (κ1) is 25.0. The van der Waals surface area contributed by atoms with E-state index in [0.29, 0.717) is 39.8 Å². The van der Waals surface area contributed by atoms with Gasteiger partial charge in [-0.2, -0.15) is 5.10 Å². The molecule has 1 aliphatic rings. The van der Waals surface area contributed by atoms with Crippen molar-refractivity contribution >= 4 is 40.7 Å². The molecule has 2 aromatic carbocycles. The van der Waals surface area contributed by atoms with Crippen molar-refractivity contribution in [3.63, 3.8) is 0 Å². The maximum atomic E-state index is 13.2. The topological polar surface area (TPSA) is 78.7 Å². The summed E-state index contributed by atoms with van der Waals surface area (Å²) < 4.78 is 1.68. The largest absolute Gasteiger partial charge is 0.507 e. The van der Waals surface area contributed by atoms with Gasteiger partial charge in [0, 0.05) is 6.54 Å². The van der Waals surface area contributed by atoms with Crippen LogP contribution in [0.2, 0.25) is 10.0 Å². The lowest BCUT2D eigenvalue weighted by molar-refractivity contribution is -0.139. The minimum absolute atomic E-state index is 0.00829. The number of likely N-dealkylation sites (tertiary alicyclic amines) is 1. The van der Waals surface area contributed by atoms with Gasteiger partial charge in [0.2, 0.25) is 0 Å². The van der Waals surface area contributed by atoms with Crippen LogP contribution in [-0.4, -0.2) is 63.6 Å². The van der Waals surface area contributed by atoms with Crippen LogP contribution in [0.1, 0.15) is 29.3 Å². The van der Waals surface area contributed by atoms with E-state index < -0.39 is 17.7 Å². The first-order valence-electron chi connectivity index (χ1n) is 11.2. The lowest BCUT2D eigenvalue weighted by Gasteiger charge is -2.26. The maximum Gasteiger partial charge on any atom is 0.295 e. The predicted octanol–water partition coefficient (Wildman–Crippen LogP) is 4.86. The van der Waals surface area contributed by atoms with Crippen LogP contribution >= 0.6 is 23.2 Å². The Morgan fingerprint density at radius 3 is 2.46 bits per heavy atom. The molecule has 1 saturated heterocycles. The second-order valence-corrected chi connectivity index (χ2v) is 9.53. The minimum Gasteiger partial charge on any atom is -0.507 e. The number of hydrogen-bond acceptors (Lipinski definition) is 5. The van der Waals surface area contributed by atoms with Crippen molar-refractivity contribution in [1.29, 1.82) is 0 Å². The molecule has 0 unspecified atom stereocenters. The van der Waals surface area contributed by atoms with E-state index in [4.69, 9.17) is 23.2 Å². The van der Waals surface area contributed by atoms with Gasteiger partial charge in [0.05, 0.1) is 44.8 Å². The monoisotopic (exact) mass is 512 g/mol. The number of halogens is 2. The highest BCUT2D eigenvalue weighted by Gasteiger charge is 2.46. The molecule has 182 valence electrons. The average Bonchev–Trinajstić information content (AvgIpc) is 3.33. The molecule has 1 N–H and O–H groups in total. The highest BCUT2D eigenvalue weighted by molar-refractivity contribution is 6.46. The smallest absolute Gasteiger partial charge is 0.295 e. The summed E-state index contributed by atoms with van der Waals surface area (Å²) in [6, 6.07) is 13.6.